The van der Waals surface area contributed by atoms with Gasteiger partial charge in [-0.1, -0.05) is 41.9 Å². The Morgan fingerprint density at radius 3 is 2.50 bits per heavy atom. The Balaban J connectivity index is 0.00000441. The number of benzene rings is 2. The van der Waals surface area contributed by atoms with Crippen LogP contribution in [0.25, 0.3) is 22.4 Å². The SMILES string of the molecule is Cc1ccccc1-c1ccc(C(=O)NC2(C(=O)O)CCOCC2)nc1-c1ccc(Cl)c(OCCCN(C)C)c1.Cl. The van der Waals surface area contributed by atoms with E-state index in [9.17, 15) is 14.7 Å². The van der Waals surface area contributed by atoms with Crippen molar-refractivity contribution in [1.29, 1.82) is 0 Å². The van der Waals surface area contributed by atoms with Crippen LogP contribution < -0.4 is 10.1 Å². The molecule has 0 spiro atoms. The van der Waals surface area contributed by atoms with Crippen molar-refractivity contribution in [1.82, 2.24) is 15.2 Å². The minimum atomic E-state index is -1.39. The largest absolute Gasteiger partial charge is 0.492 e. The van der Waals surface area contributed by atoms with Crippen LogP contribution in [0.3, 0.4) is 0 Å². The molecular weight excluding hydrogens is 553 g/mol. The van der Waals surface area contributed by atoms with E-state index in [4.69, 9.17) is 26.1 Å². The summed E-state index contributed by atoms with van der Waals surface area (Å²) >= 11 is 6.46. The lowest BCUT2D eigenvalue weighted by molar-refractivity contribution is -0.148. The molecule has 40 heavy (non-hydrogen) atoms. The zero-order valence-corrected chi connectivity index (χ0v) is 24.5. The van der Waals surface area contributed by atoms with E-state index >= 15 is 0 Å². The summed E-state index contributed by atoms with van der Waals surface area (Å²) in [6, 6.07) is 16.9. The first kappa shape index (κ1) is 31.4. The number of rotatable bonds is 10. The van der Waals surface area contributed by atoms with Gasteiger partial charge in [0.25, 0.3) is 5.91 Å². The summed E-state index contributed by atoms with van der Waals surface area (Å²) < 4.78 is 11.3. The maximum Gasteiger partial charge on any atom is 0.329 e. The monoisotopic (exact) mass is 587 g/mol. The molecule has 0 atom stereocenters. The number of amides is 1. The number of pyridine rings is 1. The molecule has 4 rings (SSSR count). The van der Waals surface area contributed by atoms with Crippen LogP contribution in [0, 0.1) is 6.92 Å². The average molecular weight is 589 g/mol. The Hall–Kier alpha value is -3.17. The molecule has 8 nitrogen and oxygen atoms in total. The molecule has 214 valence electrons. The number of ether oxygens (including phenoxy) is 2. The number of hydrogen-bond donors (Lipinski definition) is 2. The molecule has 10 heteroatoms. The summed E-state index contributed by atoms with van der Waals surface area (Å²) in [6.45, 7) is 3.93. The Labute approximate surface area is 246 Å². The van der Waals surface area contributed by atoms with Gasteiger partial charge >= 0.3 is 5.97 Å². The third kappa shape index (κ3) is 7.31. The molecule has 0 unspecified atom stereocenters. The lowest BCUT2D eigenvalue weighted by Gasteiger charge is -2.33. The number of aromatic nitrogens is 1. The van der Waals surface area contributed by atoms with Crippen LogP contribution >= 0.6 is 24.0 Å². The fraction of sp³-hybridized carbons (Fsp3) is 0.367. The smallest absolute Gasteiger partial charge is 0.329 e. The van der Waals surface area contributed by atoms with Gasteiger partial charge < -0.3 is 24.8 Å². The number of carbonyl (C=O) groups excluding carboxylic acids is 1. The van der Waals surface area contributed by atoms with E-state index in [2.05, 4.69) is 10.2 Å². The number of hydrogen-bond acceptors (Lipinski definition) is 6. The van der Waals surface area contributed by atoms with Crippen molar-refractivity contribution in [2.45, 2.75) is 31.7 Å². The zero-order chi connectivity index (χ0) is 28.0. The number of carbonyl (C=O) groups is 2. The minimum absolute atomic E-state index is 0. The van der Waals surface area contributed by atoms with Crippen molar-refractivity contribution in [3.8, 4) is 28.1 Å². The van der Waals surface area contributed by atoms with E-state index in [1.54, 1.807) is 12.1 Å². The summed E-state index contributed by atoms with van der Waals surface area (Å²) in [6.07, 6.45) is 1.22. The van der Waals surface area contributed by atoms with Crippen LogP contribution in [0.2, 0.25) is 5.02 Å². The highest BCUT2D eigenvalue weighted by Crippen LogP contribution is 2.36. The molecule has 2 N–H and O–H groups in total. The van der Waals surface area contributed by atoms with Gasteiger partial charge in [0.15, 0.2) is 0 Å². The van der Waals surface area contributed by atoms with Gasteiger partial charge in [-0.15, -0.1) is 12.4 Å². The van der Waals surface area contributed by atoms with Gasteiger partial charge in [0.2, 0.25) is 0 Å². The predicted molar refractivity (Wildman–Crippen MR) is 159 cm³/mol. The van der Waals surface area contributed by atoms with E-state index in [0.29, 0.717) is 23.1 Å². The van der Waals surface area contributed by atoms with Crippen molar-refractivity contribution in [2.75, 3.05) is 40.5 Å². The van der Waals surface area contributed by atoms with Gasteiger partial charge in [0.1, 0.15) is 17.0 Å². The van der Waals surface area contributed by atoms with Crippen molar-refractivity contribution in [3.05, 3.63) is 70.9 Å². The molecule has 1 saturated heterocycles. The van der Waals surface area contributed by atoms with E-state index in [1.807, 2.05) is 63.5 Å². The van der Waals surface area contributed by atoms with E-state index in [0.717, 1.165) is 35.2 Å². The fourth-order valence-corrected chi connectivity index (χ4v) is 4.79. The Morgan fingerprint density at radius 2 is 1.82 bits per heavy atom. The van der Waals surface area contributed by atoms with Crippen LogP contribution in [-0.2, 0) is 9.53 Å². The van der Waals surface area contributed by atoms with Gasteiger partial charge in [-0.05, 0) is 62.8 Å². The normalized spacial score (nSPS) is 14.3. The molecule has 0 bridgehead atoms. The number of carboxylic acid groups (broad SMARTS) is 1. The highest BCUT2D eigenvalue weighted by Gasteiger charge is 2.42. The summed E-state index contributed by atoms with van der Waals surface area (Å²) in [5.41, 5.74) is 2.90. The number of nitrogens with one attached hydrogen (secondary N) is 1. The van der Waals surface area contributed by atoms with Crippen molar-refractivity contribution < 1.29 is 24.2 Å². The molecule has 3 aromatic rings. The molecule has 2 aromatic carbocycles. The second-order valence-corrected chi connectivity index (χ2v) is 10.4. The molecule has 0 saturated carbocycles. The number of halogens is 2. The van der Waals surface area contributed by atoms with Crippen LogP contribution in [0.5, 0.6) is 5.75 Å². The fourth-order valence-electron chi connectivity index (χ4n) is 4.62. The van der Waals surface area contributed by atoms with Crippen LogP contribution in [0.15, 0.2) is 54.6 Å². The van der Waals surface area contributed by atoms with Gasteiger partial charge in [0.05, 0.1) is 17.3 Å². The summed E-state index contributed by atoms with van der Waals surface area (Å²) in [7, 11) is 4.02. The topological polar surface area (TPSA) is 101 Å². The standard InChI is InChI=1S/C30H34ClN3O5.ClH/c1-20-7-4-5-8-22(20)23-10-12-25(28(35)33-30(29(36)37)13-17-38-18-14-30)32-27(23)21-9-11-24(31)26(19-21)39-16-6-15-34(2)3;/h4-5,7-12,19H,6,13-18H2,1-3H3,(H,33,35)(H,36,37);1H. The molecule has 1 fully saturated rings. The van der Waals surface area contributed by atoms with Crippen LogP contribution in [0.4, 0.5) is 0 Å². The predicted octanol–water partition coefficient (Wildman–Crippen LogP) is 5.49. The highest BCUT2D eigenvalue weighted by atomic mass is 35.5. The molecule has 2 heterocycles. The van der Waals surface area contributed by atoms with Crippen molar-refractivity contribution >= 4 is 35.9 Å². The minimum Gasteiger partial charge on any atom is -0.492 e. The Kier molecular flexibility index (Phi) is 10.9. The first-order chi connectivity index (χ1) is 18.7. The molecule has 0 aliphatic carbocycles. The molecule has 1 aliphatic heterocycles. The second kappa shape index (κ2) is 13.9. The molecular formula is C30H35Cl2N3O5. The third-order valence-corrected chi connectivity index (χ3v) is 7.20. The summed E-state index contributed by atoms with van der Waals surface area (Å²) in [5.74, 6) is -1.09. The Morgan fingerprint density at radius 1 is 1.10 bits per heavy atom. The molecule has 1 aliphatic rings. The lowest BCUT2D eigenvalue weighted by atomic mass is 9.90. The molecule has 0 radical (unpaired) electrons. The van der Waals surface area contributed by atoms with Crippen LogP contribution in [0.1, 0.15) is 35.3 Å². The summed E-state index contributed by atoms with van der Waals surface area (Å²) in [5, 5.41) is 13.1. The number of nitrogens with zero attached hydrogens (tertiary/aromatic N) is 2. The van der Waals surface area contributed by atoms with Gasteiger partial charge in [-0.3, -0.25) is 4.79 Å². The third-order valence-electron chi connectivity index (χ3n) is 6.88. The van der Waals surface area contributed by atoms with Gasteiger partial charge in [0, 0.05) is 43.7 Å². The lowest BCUT2D eigenvalue weighted by Crippen LogP contribution is -2.57. The van der Waals surface area contributed by atoms with Crippen molar-refractivity contribution in [3.63, 3.8) is 0 Å². The number of aryl methyl sites for hydroxylation is 1. The van der Waals surface area contributed by atoms with E-state index < -0.39 is 17.4 Å². The van der Waals surface area contributed by atoms with Crippen LogP contribution in [-0.4, -0.2) is 72.9 Å². The van der Waals surface area contributed by atoms with Gasteiger partial charge in [-0.2, -0.15) is 0 Å². The Bertz CT molecular complexity index is 1340. The quantitative estimate of drug-likeness (QED) is 0.302. The maximum absolute atomic E-state index is 13.3. The number of aliphatic carboxylic acids is 1. The highest BCUT2D eigenvalue weighted by molar-refractivity contribution is 6.32. The first-order valence-electron chi connectivity index (χ1n) is 13.0. The zero-order valence-electron chi connectivity index (χ0n) is 22.9. The van der Waals surface area contributed by atoms with E-state index in [-0.39, 0.29) is 44.2 Å². The average Bonchev–Trinajstić information content (AvgIpc) is 2.92. The first-order valence-corrected chi connectivity index (χ1v) is 13.4. The van der Waals surface area contributed by atoms with Crippen molar-refractivity contribution in [2.24, 2.45) is 0 Å². The molecule has 1 amide bonds. The summed E-state index contributed by atoms with van der Waals surface area (Å²) in [4.78, 5) is 32.3. The second-order valence-electron chi connectivity index (χ2n) is 10.0. The molecule has 1 aromatic heterocycles. The maximum atomic E-state index is 13.3. The number of carboxylic acids is 1. The van der Waals surface area contributed by atoms with E-state index in [1.165, 1.54) is 0 Å². The van der Waals surface area contributed by atoms with Gasteiger partial charge in [-0.25, -0.2) is 9.78 Å².